The number of aryl methyl sites for hydroxylation is 1. The molecule has 2 heterocycles. The molecule has 0 aromatic heterocycles. The van der Waals surface area contributed by atoms with Crippen LogP contribution in [0.3, 0.4) is 0 Å². The number of hydrogen-bond acceptors (Lipinski definition) is 4. The van der Waals surface area contributed by atoms with Crippen LogP contribution in [0.4, 0.5) is 10.1 Å². The Bertz CT molecular complexity index is 1280. The van der Waals surface area contributed by atoms with Crippen LogP contribution >= 0.6 is 0 Å². The van der Waals surface area contributed by atoms with E-state index in [1.807, 2.05) is 24.3 Å². The molecule has 3 aromatic rings. The van der Waals surface area contributed by atoms with E-state index in [1.165, 1.54) is 6.07 Å². The van der Waals surface area contributed by atoms with Crippen LogP contribution in [0, 0.1) is 18.7 Å². The van der Waals surface area contributed by atoms with E-state index in [0.29, 0.717) is 34.6 Å². The highest BCUT2D eigenvalue weighted by molar-refractivity contribution is 7.89. The zero-order valence-electron chi connectivity index (χ0n) is 17.7. The lowest BCUT2D eigenvalue weighted by atomic mass is 9.82. The third kappa shape index (κ3) is 3.32. The molecule has 1 saturated heterocycles. The van der Waals surface area contributed by atoms with Crippen molar-refractivity contribution in [1.82, 2.24) is 4.31 Å². The van der Waals surface area contributed by atoms with Gasteiger partial charge < -0.3 is 10.4 Å². The fourth-order valence-corrected chi connectivity index (χ4v) is 7.02. The maximum atomic E-state index is 14.5. The van der Waals surface area contributed by atoms with Crippen molar-refractivity contribution >= 4 is 15.7 Å². The summed E-state index contributed by atoms with van der Waals surface area (Å²) in [6, 6.07) is 18.4. The predicted octanol–water partition coefficient (Wildman–Crippen LogP) is 4.34. The van der Waals surface area contributed by atoms with E-state index in [9.17, 15) is 17.9 Å². The molecule has 0 spiro atoms. The number of fused-ring (bicyclic) bond motifs is 3. The molecular formula is C25H25FN2O3S. The van der Waals surface area contributed by atoms with Crippen molar-refractivity contribution in [2.45, 2.75) is 30.3 Å². The number of nitrogens with zero attached hydrogens (tertiary/aromatic N) is 1. The van der Waals surface area contributed by atoms with Gasteiger partial charge >= 0.3 is 0 Å². The molecule has 0 amide bonds. The first-order chi connectivity index (χ1) is 15.4. The highest BCUT2D eigenvalue weighted by Crippen LogP contribution is 2.49. The molecular weight excluding hydrogens is 427 g/mol. The van der Waals surface area contributed by atoms with Gasteiger partial charge in [0.1, 0.15) is 5.82 Å². The van der Waals surface area contributed by atoms with Crippen molar-refractivity contribution in [3.63, 3.8) is 0 Å². The van der Waals surface area contributed by atoms with E-state index < -0.39 is 16.1 Å². The van der Waals surface area contributed by atoms with Crippen LogP contribution in [0.15, 0.2) is 71.6 Å². The summed E-state index contributed by atoms with van der Waals surface area (Å²) in [6.07, 6.45) is 0.636. The monoisotopic (exact) mass is 452 g/mol. The predicted molar refractivity (Wildman–Crippen MR) is 122 cm³/mol. The number of anilines is 1. The number of nitrogens with one attached hydrogen (secondary N) is 1. The van der Waals surface area contributed by atoms with Gasteiger partial charge in [-0.15, -0.1) is 0 Å². The smallest absolute Gasteiger partial charge is 0.243 e. The number of sulfonamides is 1. The molecule has 166 valence electrons. The van der Waals surface area contributed by atoms with Crippen LogP contribution in [0.2, 0.25) is 0 Å². The fourth-order valence-electron chi connectivity index (χ4n) is 5.13. The Morgan fingerprint density at radius 3 is 2.59 bits per heavy atom. The summed E-state index contributed by atoms with van der Waals surface area (Å²) in [6.45, 7) is 2.07. The summed E-state index contributed by atoms with van der Waals surface area (Å²) in [5.41, 5.74) is 3.46. The number of aliphatic hydroxyl groups excluding tert-OH is 1. The number of halogens is 1. The van der Waals surface area contributed by atoms with Crippen molar-refractivity contribution in [2.24, 2.45) is 5.92 Å². The van der Waals surface area contributed by atoms with Gasteiger partial charge in [0.15, 0.2) is 0 Å². The molecule has 2 N–H and O–H groups in total. The molecule has 1 fully saturated rings. The Morgan fingerprint density at radius 1 is 1.09 bits per heavy atom. The molecule has 0 radical (unpaired) electrons. The first-order valence-corrected chi connectivity index (χ1v) is 12.2. The molecule has 5 rings (SSSR count). The molecule has 0 unspecified atom stereocenters. The van der Waals surface area contributed by atoms with Gasteiger partial charge in [-0.1, -0.05) is 42.5 Å². The third-order valence-corrected chi connectivity index (χ3v) is 8.73. The summed E-state index contributed by atoms with van der Waals surface area (Å²) in [5, 5.41) is 13.4. The number of hydrogen-bond donors (Lipinski definition) is 2. The van der Waals surface area contributed by atoms with Crippen molar-refractivity contribution in [3.8, 4) is 11.1 Å². The molecule has 32 heavy (non-hydrogen) atoms. The minimum Gasteiger partial charge on any atom is -0.394 e. The summed E-state index contributed by atoms with van der Waals surface area (Å²) in [5.74, 6) is -0.404. The molecule has 0 bridgehead atoms. The topological polar surface area (TPSA) is 69.6 Å². The van der Waals surface area contributed by atoms with E-state index in [1.54, 1.807) is 47.6 Å². The van der Waals surface area contributed by atoms with Gasteiger partial charge in [-0.05, 0) is 54.3 Å². The van der Waals surface area contributed by atoms with Gasteiger partial charge in [-0.25, -0.2) is 12.8 Å². The number of aliphatic hydroxyl groups is 1. The largest absolute Gasteiger partial charge is 0.394 e. The summed E-state index contributed by atoms with van der Waals surface area (Å²) >= 11 is 0. The van der Waals surface area contributed by atoms with E-state index >= 15 is 0 Å². The Morgan fingerprint density at radius 2 is 1.84 bits per heavy atom. The second-order valence-electron chi connectivity index (χ2n) is 8.49. The molecule has 3 aromatic carbocycles. The highest BCUT2D eigenvalue weighted by atomic mass is 32.2. The molecule has 0 saturated carbocycles. The van der Waals surface area contributed by atoms with Crippen molar-refractivity contribution in [1.29, 1.82) is 0 Å². The molecule has 2 aliphatic rings. The summed E-state index contributed by atoms with van der Waals surface area (Å²) in [7, 11) is -3.75. The van der Waals surface area contributed by atoms with E-state index in [0.717, 1.165) is 11.3 Å². The van der Waals surface area contributed by atoms with Gasteiger partial charge in [0.2, 0.25) is 10.0 Å². The van der Waals surface area contributed by atoms with Crippen molar-refractivity contribution in [3.05, 3.63) is 83.7 Å². The minimum absolute atomic E-state index is 0.0813. The first-order valence-electron chi connectivity index (χ1n) is 10.8. The number of rotatable bonds is 4. The Labute approximate surface area is 187 Å². The molecule has 5 nitrogen and oxygen atoms in total. The molecule has 7 heteroatoms. The Balaban J connectivity index is 1.65. The third-order valence-electron chi connectivity index (χ3n) is 6.69. The zero-order chi connectivity index (χ0) is 22.5. The van der Waals surface area contributed by atoms with Gasteiger partial charge in [-0.2, -0.15) is 4.31 Å². The quantitative estimate of drug-likeness (QED) is 0.618. The molecule has 3 atom stereocenters. The van der Waals surface area contributed by atoms with Crippen LogP contribution in [0.5, 0.6) is 0 Å². The minimum atomic E-state index is -3.75. The van der Waals surface area contributed by atoms with Crippen LogP contribution in [0.25, 0.3) is 11.1 Å². The Kier molecular flexibility index (Phi) is 5.28. The van der Waals surface area contributed by atoms with Gasteiger partial charge in [-0.3, -0.25) is 0 Å². The van der Waals surface area contributed by atoms with Gasteiger partial charge in [0.25, 0.3) is 0 Å². The lowest BCUT2D eigenvalue weighted by molar-refractivity contribution is 0.210. The maximum absolute atomic E-state index is 14.5. The van der Waals surface area contributed by atoms with Crippen LogP contribution in [-0.2, 0) is 10.0 Å². The van der Waals surface area contributed by atoms with E-state index in [4.69, 9.17) is 0 Å². The second-order valence-corrected chi connectivity index (χ2v) is 10.4. The van der Waals surface area contributed by atoms with Crippen LogP contribution in [0.1, 0.15) is 23.6 Å². The lowest BCUT2D eigenvalue weighted by Crippen LogP contribution is -2.42. The van der Waals surface area contributed by atoms with Crippen LogP contribution < -0.4 is 5.32 Å². The normalized spacial score (nSPS) is 22.8. The molecule has 2 aliphatic heterocycles. The zero-order valence-corrected chi connectivity index (χ0v) is 18.5. The van der Waals surface area contributed by atoms with E-state index in [-0.39, 0.29) is 24.4 Å². The SMILES string of the molecule is Cc1ccccc1S(=O)(=O)N1CC[C@@H]2[C@H]1c1cc(-c3ccccc3F)ccc1N[C@@H]2CO. The van der Waals surface area contributed by atoms with Crippen molar-refractivity contribution in [2.75, 3.05) is 18.5 Å². The summed E-state index contributed by atoms with van der Waals surface area (Å²) < 4.78 is 43.4. The maximum Gasteiger partial charge on any atom is 0.243 e. The fraction of sp³-hybridized carbons (Fsp3) is 0.280. The molecule has 0 aliphatic carbocycles. The van der Waals surface area contributed by atoms with Crippen molar-refractivity contribution < 1.29 is 17.9 Å². The second kappa shape index (κ2) is 7.99. The van der Waals surface area contributed by atoms with Gasteiger partial charge in [0.05, 0.1) is 23.6 Å². The van der Waals surface area contributed by atoms with Gasteiger partial charge in [0, 0.05) is 23.7 Å². The summed E-state index contributed by atoms with van der Waals surface area (Å²) in [4.78, 5) is 0.298. The van der Waals surface area contributed by atoms with Crippen LogP contribution in [-0.4, -0.2) is 37.0 Å². The van der Waals surface area contributed by atoms with E-state index in [2.05, 4.69) is 5.32 Å². The standard InChI is InChI=1S/C25H25FN2O3S/c1-16-6-2-5-9-24(16)32(30,31)28-13-12-19-23(15-29)27-22-11-10-17(14-20(22)25(19)28)18-7-3-4-8-21(18)26/h2-11,14,19,23,25,27,29H,12-13,15H2,1H3/t19-,23+,25-/m0/s1. The Hall–Kier alpha value is -2.74. The highest BCUT2D eigenvalue weighted by Gasteiger charge is 2.48. The first kappa shape index (κ1) is 21.1. The average molecular weight is 453 g/mol. The number of benzene rings is 3. The average Bonchev–Trinajstić information content (AvgIpc) is 3.25. The lowest BCUT2D eigenvalue weighted by Gasteiger charge is -2.39.